The predicted octanol–water partition coefficient (Wildman–Crippen LogP) is 6.39. The average Bonchev–Trinajstić information content (AvgIpc) is 3.29. The van der Waals surface area contributed by atoms with Gasteiger partial charge >= 0.3 is 6.18 Å². The number of nitrogens with zero attached hydrogens (tertiary/aromatic N) is 3. The molecule has 0 saturated carbocycles. The van der Waals surface area contributed by atoms with Gasteiger partial charge in [0.15, 0.2) is 0 Å². The molecule has 0 aliphatic carbocycles. The van der Waals surface area contributed by atoms with Crippen LogP contribution in [0.15, 0.2) is 85.1 Å². The zero-order valence-corrected chi connectivity index (χ0v) is 21.5. The maximum absolute atomic E-state index is 13.5. The van der Waals surface area contributed by atoms with Gasteiger partial charge in [0.25, 0.3) is 0 Å². The minimum Gasteiger partial charge on any atom is -0.343 e. The first-order valence-electron chi connectivity index (χ1n) is 13.1. The van der Waals surface area contributed by atoms with Crippen LogP contribution >= 0.6 is 0 Å². The van der Waals surface area contributed by atoms with Crippen molar-refractivity contribution in [2.45, 2.75) is 32.0 Å². The van der Waals surface area contributed by atoms with E-state index in [9.17, 15) is 18.0 Å². The largest absolute Gasteiger partial charge is 0.416 e. The summed E-state index contributed by atoms with van der Waals surface area (Å²) in [6.07, 6.45) is -2.13. The molecule has 1 fully saturated rings. The molecule has 0 spiro atoms. The van der Waals surface area contributed by atoms with E-state index in [1.54, 1.807) is 0 Å². The number of aromatic nitrogens is 1. The normalized spacial score (nSPS) is 15.6. The monoisotopic (exact) mass is 519 g/mol. The fraction of sp³-hybridized carbons (Fsp3) is 0.323. The zero-order chi connectivity index (χ0) is 26.7. The molecule has 1 unspecified atom stereocenters. The fourth-order valence-corrected chi connectivity index (χ4v) is 5.39. The number of rotatable bonds is 7. The van der Waals surface area contributed by atoms with Gasteiger partial charge in [0.05, 0.1) is 5.56 Å². The van der Waals surface area contributed by atoms with Crippen LogP contribution in [0.4, 0.5) is 13.2 Å². The Labute approximate surface area is 221 Å². The number of amides is 1. The van der Waals surface area contributed by atoms with E-state index >= 15 is 0 Å². The van der Waals surface area contributed by atoms with Crippen molar-refractivity contribution in [1.29, 1.82) is 0 Å². The Kier molecular flexibility index (Phi) is 7.56. The van der Waals surface area contributed by atoms with Gasteiger partial charge in [-0.3, -0.25) is 4.79 Å². The predicted molar refractivity (Wildman–Crippen MR) is 144 cm³/mol. The molecule has 1 aromatic heterocycles. The summed E-state index contributed by atoms with van der Waals surface area (Å²) < 4.78 is 42.1. The minimum atomic E-state index is -4.41. The molecule has 3 aromatic carbocycles. The number of benzene rings is 3. The van der Waals surface area contributed by atoms with Crippen LogP contribution in [0.25, 0.3) is 10.9 Å². The molecule has 38 heavy (non-hydrogen) atoms. The number of halogens is 3. The van der Waals surface area contributed by atoms with Crippen molar-refractivity contribution in [2.75, 3.05) is 32.7 Å². The molecule has 4 aromatic rings. The first-order chi connectivity index (χ1) is 18.3. The summed E-state index contributed by atoms with van der Waals surface area (Å²) in [5.74, 6) is -0.332. The average molecular weight is 520 g/mol. The van der Waals surface area contributed by atoms with Gasteiger partial charge < -0.3 is 14.4 Å². The standard InChI is InChI=1S/C31H32F3N3O/c1-2-35-16-18-36(19-17-35)30(38)20-27(24-12-14-25(15-13-24)31(32,33)34)28-22-37(21-23-8-4-3-5-9-23)29-11-7-6-10-26(28)29/h3-15,22,27H,2,16-21H2,1H3. The molecule has 0 bridgehead atoms. The highest BCUT2D eigenvalue weighted by Gasteiger charge is 2.31. The van der Waals surface area contributed by atoms with E-state index in [1.165, 1.54) is 12.1 Å². The Hall–Kier alpha value is -3.58. The molecule has 7 heteroatoms. The van der Waals surface area contributed by atoms with Crippen molar-refractivity contribution in [2.24, 2.45) is 0 Å². The third kappa shape index (κ3) is 5.63. The minimum absolute atomic E-state index is 0.0329. The number of piperazine rings is 1. The summed E-state index contributed by atoms with van der Waals surface area (Å²) >= 11 is 0. The number of carbonyl (C=O) groups excluding carboxylic acids is 1. The van der Waals surface area contributed by atoms with Gasteiger partial charge in [-0.15, -0.1) is 0 Å². The van der Waals surface area contributed by atoms with Crippen LogP contribution in [0.3, 0.4) is 0 Å². The van der Waals surface area contributed by atoms with Crippen LogP contribution in [-0.4, -0.2) is 53.0 Å². The van der Waals surface area contributed by atoms with Gasteiger partial charge in [-0.1, -0.05) is 67.6 Å². The van der Waals surface area contributed by atoms with Crippen molar-refractivity contribution in [3.05, 3.63) is 107 Å². The number of hydrogen-bond acceptors (Lipinski definition) is 2. The highest BCUT2D eigenvalue weighted by atomic mass is 19.4. The Morgan fingerprint density at radius 1 is 0.868 bits per heavy atom. The number of alkyl halides is 3. The van der Waals surface area contributed by atoms with Gasteiger partial charge in [0, 0.05) is 62.2 Å². The van der Waals surface area contributed by atoms with Crippen LogP contribution in [0, 0.1) is 0 Å². The number of fused-ring (bicyclic) bond motifs is 1. The smallest absolute Gasteiger partial charge is 0.343 e. The van der Waals surface area contributed by atoms with Crippen molar-refractivity contribution in [3.63, 3.8) is 0 Å². The molecule has 0 N–H and O–H groups in total. The number of hydrogen-bond donors (Lipinski definition) is 0. The van der Waals surface area contributed by atoms with Gasteiger partial charge in [-0.05, 0) is 41.4 Å². The Morgan fingerprint density at radius 2 is 1.53 bits per heavy atom. The molecule has 1 aliphatic rings. The van der Waals surface area contributed by atoms with Gasteiger partial charge in [-0.25, -0.2) is 0 Å². The van der Waals surface area contributed by atoms with Crippen LogP contribution < -0.4 is 0 Å². The highest BCUT2D eigenvalue weighted by molar-refractivity contribution is 5.87. The molecule has 0 radical (unpaired) electrons. The molecule has 1 amide bonds. The van der Waals surface area contributed by atoms with E-state index in [1.807, 2.05) is 41.3 Å². The second-order valence-electron chi connectivity index (χ2n) is 9.91. The summed E-state index contributed by atoms with van der Waals surface area (Å²) in [6.45, 7) is 6.74. The third-order valence-corrected chi connectivity index (χ3v) is 7.58. The number of carbonyl (C=O) groups is 1. The van der Waals surface area contributed by atoms with Gasteiger partial charge in [0.2, 0.25) is 5.91 Å². The van der Waals surface area contributed by atoms with Crippen molar-refractivity contribution < 1.29 is 18.0 Å². The molecule has 5 rings (SSSR count). The van der Waals surface area contributed by atoms with E-state index in [2.05, 4.69) is 40.8 Å². The molecule has 198 valence electrons. The molecule has 1 atom stereocenters. The lowest BCUT2D eigenvalue weighted by atomic mass is 9.87. The lowest BCUT2D eigenvalue weighted by molar-refractivity contribution is -0.137. The van der Waals surface area contributed by atoms with Crippen molar-refractivity contribution in [1.82, 2.24) is 14.4 Å². The highest BCUT2D eigenvalue weighted by Crippen LogP contribution is 2.37. The Balaban J connectivity index is 1.53. The van der Waals surface area contributed by atoms with Crippen LogP contribution in [0.2, 0.25) is 0 Å². The van der Waals surface area contributed by atoms with Crippen LogP contribution in [0.5, 0.6) is 0 Å². The van der Waals surface area contributed by atoms with Gasteiger partial charge in [0.1, 0.15) is 0 Å². The topological polar surface area (TPSA) is 28.5 Å². The fourth-order valence-electron chi connectivity index (χ4n) is 5.39. The van der Waals surface area contributed by atoms with Crippen LogP contribution in [-0.2, 0) is 17.5 Å². The maximum Gasteiger partial charge on any atom is 0.416 e. The van der Waals surface area contributed by atoms with E-state index in [0.29, 0.717) is 25.2 Å². The maximum atomic E-state index is 13.5. The van der Waals surface area contributed by atoms with Crippen LogP contribution in [0.1, 0.15) is 41.5 Å². The lowest BCUT2D eigenvalue weighted by Gasteiger charge is -2.35. The molecular formula is C31H32F3N3O. The number of likely N-dealkylation sites (N-methyl/N-ethyl adjacent to an activating group) is 1. The summed E-state index contributed by atoms with van der Waals surface area (Å²) in [5, 5.41) is 1.01. The first-order valence-corrected chi connectivity index (χ1v) is 13.1. The lowest BCUT2D eigenvalue weighted by Crippen LogP contribution is -2.48. The third-order valence-electron chi connectivity index (χ3n) is 7.58. The first kappa shape index (κ1) is 26.0. The zero-order valence-electron chi connectivity index (χ0n) is 21.5. The summed E-state index contributed by atoms with van der Waals surface area (Å²) in [7, 11) is 0. The second kappa shape index (κ2) is 11.0. The molecular weight excluding hydrogens is 487 g/mol. The van der Waals surface area contributed by atoms with E-state index in [4.69, 9.17) is 0 Å². The molecule has 2 heterocycles. The second-order valence-corrected chi connectivity index (χ2v) is 9.91. The number of para-hydroxylation sites is 1. The Bertz CT molecular complexity index is 1370. The molecule has 4 nitrogen and oxygen atoms in total. The molecule has 1 saturated heterocycles. The van der Waals surface area contributed by atoms with E-state index in [0.717, 1.165) is 53.8 Å². The van der Waals surface area contributed by atoms with Gasteiger partial charge in [-0.2, -0.15) is 13.2 Å². The quantitative estimate of drug-likeness (QED) is 0.283. The summed E-state index contributed by atoms with van der Waals surface area (Å²) in [4.78, 5) is 17.7. The van der Waals surface area contributed by atoms with Crippen molar-refractivity contribution in [3.8, 4) is 0 Å². The van der Waals surface area contributed by atoms with Crippen molar-refractivity contribution >= 4 is 16.8 Å². The SMILES string of the molecule is CCN1CCN(C(=O)CC(c2ccc(C(F)(F)F)cc2)c2cn(Cc3ccccc3)c3ccccc23)CC1. The Morgan fingerprint density at radius 3 is 2.18 bits per heavy atom. The summed E-state index contributed by atoms with van der Waals surface area (Å²) in [6, 6.07) is 23.5. The summed E-state index contributed by atoms with van der Waals surface area (Å²) in [5.41, 5.74) is 3.16. The van der Waals surface area contributed by atoms with E-state index in [-0.39, 0.29) is 18.2 Å². The van der Waals surface area contributed by atoms with E-state index < -0.39 is 11.7 Å². The molecule has 1 aliphatic heterocycles.